The van der Waals surface area contributed by atoms with Crippen molar-refractivity contribution in [3.63, 3.8) is 0 Å². The van der Waals surface area contributed by atoms with Crippen molar-refractivity contribution in [2.24, 2.45) is 0 Å². The minimum atomic E-state index is -0.146. The summed E-state index contributed by atoms with van der Waals surface area (Å²) in [4.78, 5) is 11.9. The number of nitrogens with zero attached hydrogens (tertiary/aromatic N) is 1. The maximum Gasteiger partial charge on any atom is 0.271 e. The van der Waals surface area contributed by atoms with Crippen LogP contribution < -0.4 is 5.32 Å². The van der Waals surface area contributed by atoms with Crippen molar-refractivity contribution in [3.05, 3.63) is 47.3 Å². The van der Waals surface area contributed by atoms with Crippen molar-refractivity contribution in [1.82, 2.24) is 15.5 Å². The Morgan fingerprint density at radius 2 is 2.10 bits per heavy atom. The third kappa shape index (κ3) is 2.99. The highest BCUT2D eigenvalue weighted by atomic mass is 16.3. The zero-order valence-electron chi connectivity index (χ0n) is 11.1. The number of nitrogens with one attached hydrogen (secondary N) is 2. The molecule has 1 aromatic carbocycles. The van der Waals surface area contributed by atoms with Crippen molar-refractivity contribution in [2.75, 3.05) is 6.54 Å². The Kier molecular flexibility index (Phi) is 3.41. The maximum atomic E-state index is 11.9. The second-order valence-corrected chi connectivity index (χ2v) is 5.16. The number of carbonyl (C=O) groups is 1. The molecule has 0 radical (unpaired) electrons. The van der Waals surface area contributed by atoms with Gasteiger partial charge in [0.1, 0.15) is 11.4 Å². The number of benzene rings is 1. The summed E-state index contributed by atoms with van der Waals surface area (Å²) in [7, 11) is 0. The van der Waals surface area contributed by atoms with E-state index in [1.807, 2.05) is 18.2 Å². The standard InChI is InChI=1S/C15H17N3O2/c19-12-5-1-10(2-6-12)7-8-16-15(20)14-9-13(17-18-14)11-3-4-11/h1-2,5-6,9,11,19H,3-4,7-8H2,(H,16,20)(H,17,18). The van der Waals surface area contributed by atoms with Crippen molar-refractivity contribution in [2.45, 2.75) is 25.2 Å². The van der Waals surface area contributed by atoms with Crippen molar-refractivity contribution in [1.29, 1.82) is 0 Å². The molecule has 0 unspecified atom stereocenters. The minimum Gasteiger partial charge on any atom is -0.508 e. The second-order valence-electron chi connectivity index (χ2n) is 5.16. The number of H-pyrrole nitrogens is 1. The predicted molar refractivity (Wildman–Crippen MR) is 74.7 cm³/mol. The van der Waals surface area contributed by atoms with Crippen LogP contribution in [-0.2, 0) is 6.42 Å². The molecule has 1 saturated carbocycles. The molecule has 0 spiro atoms. The van der Waals surface area contributed by atoms with Gasteiger partial charge in [-0.3, -0.25) is 9.89 Å². The quantitative estimate of drug-likeness (QED) is 0.778. The highest BCUT2D eigenvalue weighted by Gasteiger charge is 2.26. The van der Waals surface area contributed by atoms with Gasteiger partial charge in [0.05, 0.1) is 0 Å². The number of phenols is 1. The summed E-state index contributed by atoms with van der Waals surface area (Å²) >= 11 is 0. The molecule has 104 valence electrons. The molecule has 5 heteroatoms. The van der Waals surface area contributed by atoms with Gasteiger partial charge in [-0.1, -0.05) is 12.1 Å². The molecule has 3 N–H and O–H groups in total. The van der Waals surface area contributed by atoms with Gasteiger partial charge in [-0.05, 0) is 43.0 Å². The third-order valence-corrected chi connectivity index (χ3v) is 3.48. The van der Waals surface area contributed by atoms with E-state index in [2.05, 4.69) is 15.5 Å². The molecule has 1 amide bonds. The van der Waals surface area contributed by atoms with Gasteiger partial charge < -0.3 is 10.4 Å². The van der Waals surface area contributed by atoms with Crippen LogP contribution in [0.2, 0.25) is 0 Å². The van der Waals surface area contributed by atoms with E-state index < -0.39 is 0 Å². The van der Waals surface area contributed by atoms with E-state index in [1.165, 1.54) is 12.8 Å². The average Bonchev–Trinajstić information content (AvgIpc) is 3.18. The van der Waals surface area contributed by atoms with Crippen LogP contribution in [0.4, 0.5) is 0 Å². The number of carbonyl (C=O) groups excluding carboxylic acids is 1. The summed E-state index contributed by atoms with van der Waals surface area (Å²) in [6.45, 7) is 0.551. The monoisotopic (exact) mass is 271 g/mol. The Morgan fingerprint density at radius 1 is 1.35 bits per heavy atom. The topological polar surface area (TPSA) is 78.0 Å². The fourth-order valence-electron chi connectivity index (χ4n) is 2.13. The van der Waals surface area contributed by atoms with Crippen molar-refractivity contribution < 1.29 is 9.90 Å². The smallest absolute Gasteiger partial charge is 0.271 e. The first-order valence-electron chi connectivity index (χ1n) is 6.84. The zero-order chi connectivity index (χ0) is 13.9. The van der Waals surface area contributed by atoms with E-state index in [4.69, 9.17) is 0 Å². The molecule has 0 atom stereocenters. The minimum absolute atomic E-state index is 0.146. The van der Waals surface area contributed by atoms with E-state index in [0.717, 1.165) is 17.7 Å². The number of hydrogen-bond donors (Lipinski definition) is 3. The molecule has 0 saturated heterocycles. The van der Waals surface area contributed by atoms with Crippen LogP contribution in [0, 0.1) is 0 Å². The van der Waals surface area contributed by atoms with Gasteiger partial charge in [0.2, 0.25) is 0 Å². The van der Waals surface area contributed by atoms with Crippen LogP contribution in [0.5, 0.6) is 5.75 Å². The molecule has 20 heavy (non-hydrogen) atoms. The Balaban J connectivity index is 1.49. The molecule has 3 rings (SSSR count). The van der Waals surface area contributed by atoms with Gasteiger partial charge in [-0.15, -0.1) is 0 Å². The number of amides is 1. The third-order valence-electron chi connectivity index (χ3n) is 3.48. The highest BCUT2D eigenvalue weighted by molar-refractivity contribution is 5.92. The number of rotatable bonds is 5. The van der Waals surface area contributed by atoms with Crippen molar-refractivity contribution in [3.8, 4) is 5.75 Å². The fourth-order valence-corrected chi connectivity index (χ4v) is 2.13. The van der Waals surface area contributed by atoms with Crippen LogP contribution in [0.25, 0.3) is 0 Å². The van der Waals surface area contributed by atoms with E-state index >= 15 is 0 Å². The Bertz CT molecular complexity index is 600. The van der Waals surface area contributed by atoms with Gasteiger partial charge in [0.15, 0.2) is 0 Å². The van der Waals surface area contributed by atoms with Crippen LogP contribution in [0.1, 0.15) is 40.5 Å². The fraction of sp³-hybridized carbons (Fsp3) is 0.333. The molecule has 1 aliphatic carbocycles. The van der Waals surface area contributed by atoms with Gasteiger partial charge in [-0.2, -0.15) is 5.10 Å². The first-order valence-corrected chi connectivity index (χ1v) is 6.84. The van der Waals surface area contributed by atoms with Gasteiger partial charge >= 0.3 is 0 Å². The summed E-state index contributed by atoms with van der Waals surface area (Å²) in [6.07, 6.45) is 3.10. The molecule has 5 nitrogen and oxygen atoms in total. The van der Waals surface area contributed by atoms with E-state index in [0.29, 0.717) is 18.2 Å². The van der Waals surface area contributed by atoms with E-state index in [1.54, 1.807) is 12.1 Å². The Hall–Kier alpha value is -2.30. The van der Waals surface area contributed by atoms with Gasteiger partial charge in [0.25, 0.3) is 5.91 Å². The summed E-state index contributed by atoms with van der Waals surface area (Å²) in [5, 5.41) is 19.0. The molecule has 1 fully saturated rings. The van der Waals surface area contributed by atoms with Crippen LogP contribution in [-0.4, -0.2) is 27.8 Å². The normalized spacial score (nSPS) is 14.2. The Morgan fingerprint density at radius 3 is 2.80 bits per heavy atom. The molecule has 2 aromatic rings. The molecular formula is C15H17N3O2. The Labute approximate surface area is 117 Å². The molecule has 0 aliphatic heterocycles. The first-order chi connectivity index (χ1) is 9.72. The van der Waals surface area contributed by atoms with Crippen LogP contribution in [0.3, 0.4) is 0 Å². The van der Waals surface area contributed by atoms with E-state index in [-0.39, 0.29) is 11.7 Å². The lowest BCUT2D eigenvalue weighted by molar-refractivity contribution is 0.0949. The summed E-state index contributed by atoms with van der Waals surface area (Å²) in [5.74, 6) is 0.676. The molecule has 0 bridgehead atoms. The maximum absolute atomic E-state index is 11.9. The lowest BCUT2D eigenvalue weighted by Crippen LogP contribution is -2.26. The lowest BCUT2D eigenvalue weighted by Gasteiger charge is -2.03. The van der Waals surface area contributed by atoms with Crippen LogP contribution in [0.15, 0.2) is 30.3 Å². The summed E-state index contributed by atoms with van der Waals surface area (Å²) < 4.78 is 0. The number of phenolic OH excluding ortho intramolecular Hbond substituents is 1. The molecule has 1 aromatic heterocycles. The van der Waals surface area contributed by atoms with Gasteiger partial charge in [0, 0.05) is 18.2 Å². The predicted octanol–water partition coefficient (Wildman–Crippen LogP) is 1.97. The number of aromatic nitrogens is 2. The van der Waals surface area contributed by atoms with Gasteiger partial charge in [-0.25, -0.2) is 0 Å². The molecular weight excluding hydrogens is 254 g/mol. The average molecular weight is 271 g/mol. The molecule has 1 heterocycles. The second kappa shape index (κ2) is 5.36. The SMILES string of the molecule is O=C(NCCc1ccc(O)cc1)c1cc(C2CC2)[nH]n1. The number of hydrogen-bond acceptors (Lipinski definition) is 3. The summed E-state index contributed by atoms with van der Waals surface area (Å²) in [6, 6.07) is 8.83. The summed E-state index contributed by atoms with van der Waals surface area (Å²) in [5.41, 5.74) is 2.59. The number of aromatic hydroxyl groups is 1. The highest BCUT2D eigenvalue weighted by Crippen LogP contribution is 2.38. The number of aromatic amines is 1. The zero-order valence-corrected chi connectivity index (χ0v) is 11.1. The lowest BCUT2D eigenvalue weighted by atomic mass is 10.1. The largest absolute Gasteiger partial charge is 0.508 e. The van der Waals surface area contributed by atoms with E-state index in [9.17, 15) is 9.90 Å². The van der Waals surface area contributed by atoms with Crippen LogP contribution >= 0.6 is 0 Å². The first kappa shape index (κ1) is 12.7. The van der Waals surface area contributed by atoms with Crippen molar-refractivity contribution >= 4 is 5.91 Å². The molecule has 1 aliphatic rings.